The van der Waals surface area contributed by atoms with Gasteiger partial charge in [0.25, 0.3) is 0 Å². The first-order valence-electron chi connectivity index (χ1n) is 5.87. The van der Waals surface area contributed by atoms with E-state index in [-0.39, 0.29) is 11.1 Å². The fourth-order valence-electron chi connectivity index (χ4n) is 2.02. The number of halogens is 3. The van der Waals surface area contributed by atoms with E-state index in [1.54, 1.807) is 12.1 Å². The summed E-state index contributed by atoms with van der Waals surface area (Å²) >= 11 is 9.30. The lowest BCUT2D eigenvalue weighted by Gasteiger charge is -2.17. The van der Waals surface area contributed by atoms with Gasteiger partial charge in [-0.05, 0) is 54.3 Å². The van der Waals surface area contributed by atoms with Crippen molar-refractivity contribution in [2.24, 2.45) is 5.73 Å². The van der Waals surface area contributed by atoms with Gasteiger partial charge in [0.1, 0.15) is 5.82 Å². The van der Waals surface area contributed by atoms with Gasteiger partial charge in [0, 0.05) is 4.47 Å². The molecule has 0 amide bonds. The van der Waals surface area contributed by atoms with E-state index in [0.29, 0.717) is 0 Å². The fraction of sp³-hybridized carbons (Fsp3) is 0.200. The lowest BCUT2D eigenvalue weighted by molar-refractivity contribution is 0.626. The van der Waals surface area contributed by atoms with Gasteiger partial charge in [-0.3, -0.25) is 0 Å². The molecule has 1 nitrogen and oxygen atoms in total. The Bertz CT molecular complexity index is 628. The minimum absolute atomic E-state index is 0.0967. The molecule has 0 radical (unpaired) electrons. The molecular formula is C15H14BrClFN. The highest BCUT2D eigenvalue weighted by Gasteiger charge is 2.14. The summed E-state index contributed by atoms with van der Waals surface area (Å²) in [6.07, 6.45) is 0. The molecule has 0 saturated carbocycles. The van der Waals surface area contributed by atoms with Gasteiger partial charge < -0.3 is 5.73 Å². The molecule has 0 heterocycles. The molecule has 0 bridgehead atoms. The summed E-state index contributed by atoms with van der Waals surface area (Å²) in [6.45, 7) is 4.02. The number of rotatable bonds is 2. The van der Waals surface area contributed by atoms with E-state index in [0.717, 1.165) is 26.7 Å². The minimum atomic E-state index is -0.429. The van der Waals surface area contributed by atoms with Crippen LogP contribution < -0.4 is 5.73 Å². The Kier molecular flexibility index (Phi) is 4.29. The average molecular weight is 343 g/mol. The maximum Gasteiger partial charge on any atom is 0.141 e. The molecule has 1 atom stereocenters. The Morgan fingerprint density at radius 1 is 1.16 bits per heavy atom. The summed E-state index contributed by atoms with van der Waals surface area (Å²) in [7, 11) is 0. The van der Waals surface area contributed by atoms with Crippen LogP contribution >= 0.6 is 27.5 Å². The Labute approximate surface area is 125 Å². The van der Waals surface area contributed by atoms with Crippen molar-refractivity contribution in [1.82, 2.24) is 0 Å². The molecule has 1 unspecified atom stereocenters. The first-order valence-corrected chi connectivity index (χ1v) is 7.04. The molecule has 2 aromatic carbocycles. The summed E-state index contributed by atoms with van der Waals surface area (Å²) in [4.78, 5) is 0. The van der Waals surface area contributed by atoms with Crippen molar-refractivity contribution in [3.8, 4) is 0 Å². The number of aryl methyl sites for hydroxylation is 2. The molecule has 4 heteroatoms. The Hall–Kier alpha value is -0.900. The fourth-order valence-corrected chi connectivity index (χ4v) is 2.67. The number of hydrogen-bond donors (Lipinski definition) is 1. The zero-order valence-electron chi connectivity index (χ0n) is 10.7. The third kappa shape index (κ3) is 2.99. The van der Waals surface area contributed by atoms with Crippen LogP contribution in [0.3, 0.4) is 0 Å². The second-order valence-electron chi connectivity index (χ2n) is 4.61. The topological polar surface area (TPSA) is 26.0 Å². The van der Waals surface area contributed by atoms with E-state index in [1.165, 1.54) is 6.07 Å². The lowest BCUT2D eigenvalue weighted by Crippen LogP contribution is -2.13. The molecule has 0 aliphatic carbocycles. The third-order valence-corrected chi connectivity index (χ3v) is 4.33. The predicted octanol–water partition coefficient (Wildman–Crippen LogP) is 4.91. The minimum Gasteiger partial charge on any atom is -0.320 e. The van der Waals surface area contributed by atoms with E-state index in [1.807, 2.05) is 26.0 Å². The highest BCUT2D eigenvalue weighted by Crippen LogP contribution is 2.29. The maximum atomic E-state index is 13.2. The van der Waals surface area contributed by atoms with E-state index >= 15 is 0 Å². The van der Waals surface area contributed by atoms with Crippen LogP contribution in [0, 0.1) is 19.7 Å². The van der Waals surface area contributed by atoms with Crippen LogP contribution in [0.1, 0.15) is 28.3 Å². The summed E-state index contributed by atoms with van der Waals surface area (Å²) in [5.41, 5.74) is 10.3. The van der Waals surface area contributed by atoms with Crippen LogP contribution in [-0.2, 0) is 0 Å². The number of nitrogens with two attached hydrogens (primary N) is 1. The van der Waals surface area contributed by atoms with Crippen LogP contribution in [-0.4, -0.2) is 0 Å². The van der Waals surface area contributed by atoms with Gasteiger partial charge in [-0.25, -0.2) is 4.39 Å². The van der Waals surface area contributed by atoms with E-state index in [9.17, 15) is 4.39 Å². The standard InChI is InChI=1S/C15H14BrClFN/c1-8-6-12(16)9(2)5-11(8)15(19)10-3-4-14(18)13(17)7-10/h3-7,15H,19H2,1-2H3. The lowest BCUT2D eigenvalue weighted by atomic mass is 9.94. The molecule has 19 heavy (non-hydrogen) atoms. The number of benzene rings is 2. The van der Waals surface area contributed by atoms with Crippen molar-refractivity contribution < 1.29 is 4.39 Å². The summed E-state index contributed by atoms with van der Waals surface area (Å²) in [6, 6.07) is 8.36. The molecule has 100 valence electrons. The van der Waals surface area contributed by atoms with Crippen molar-refractivity contribution in [2.45, 2.75) is 19.9 Å². The zero-order chi connectivity index (χ0) is 14.2. The highest BCUT2D eigenvalue weighted by atomic mass is 79.9. The van der Waals surface area contributed by atoms with Crippen LogP contribution in [0.15, 0.2) is 34.8 Å². The first kappa shape index (κ1) is 14.5. The number of hydrogen-bond acceptors (Lipinski definition) is 1. The Morgan fingerprint density at radius 2 is 1.84 bits per heavy atom. The third-order valence-electron chi connectivity index (χ3n) is 3.19. The molecule has 0 fully saturated rings. The van der Waals surface area contributed by atoms with Gasteiger partial charge in [-0.15, -0.1) is 0 Å². The van der Waals surface area contributed by atoms with Crippen LogP contribution in [0.25, 0.3) is 0 Å². The highest BCUT2D eigenvalue weighted by molar-refractivity contribution is 9.10. The van der Waals surface area contributed by atoms with Gasteiger partial charge in [-0.2, -0.15) is 0 Å². The molecule has 0 aromatic heterocycles. The monoisotopic (exact) mass is 341 g/mol. The van der Waals surface area contributed by atoms with E-state index in [4.69, 9.17) is 17.3 Å². The molecule has 2 N–H and O–H groups in total. The second-order valence-corrected chi connectivity index (χ2v) is 5.87. The van der Waals surface area contributed by atoms with Crippen LogP contribution in [0.4, 0.5) is 4.39 Å². The summed E-state index contributed by atoms with van der Waals surface area (Å²) in [5.74, 6) is -0.429. The van der Waals surface area contributed by atoms with Crippen molar-refractivity contribution in [2.75, 3.05) is 0 Å². The van der Waals surface area contributed by atoms with Gasteiger partial charge in [-0.1, -0.05) is 39.7 Å². The summed E-state index contributed by atoms with van der Waals surface area (Å²) < 4.78 is 14.2. The smallest absolute Gasteiger partial charge is 0.141 e. The second kappa shape index (κ2) is 5.61. The first-order chi connectivity index (χ1) is 8.90. The molecule has 0 aliphatic rings. The molecule has 2 rings (SSSR count). The van der Waals surface area contributed by atoms with Crippen molar-refractivity contribution >= 4 is 27.5 Å². The van der Waals surface area contributed by atoms with E-state index < -0.39 is 5.82 Å². The van der Waals surface area contributed by atoms with Crippen LogP contribution in [0.5, 0.6) is 0 Å². The van der Waals surface area contributed by atoms with Gasteiger partial charge >= 0.3 is 0 Å². The summed E-state index contributed by atoms with van der Waals surface area (Å²) in [5, 5.41) is 0.0967. The van der Waals surface area contributed by atoms with Crippen molar-refractivity contribution in [3.05, 3.63) is 67.9 Å². The normalized spacial score (nSPS) is 12.5. The largest absolute Gasteiger partial charge is 0.320 e. The molecule has 0 spiro atoms. The molecule has 0 saturated heterocycles. The average Bonchev–Trinajstić information content (AvgIpc) is 2.36. The SMILES string of the molecule is Cc1cc(C(N)c2ccc(F)c(Cl)c2)c(C)cc1Br. The van der Waals surface area contributed by atoms with Crippen molar-refractivity contribution in [1.29, 1.82) is 0 Å². The van der Waals surface area contributed by atoms with Gasteiger partial charge in [0.05, 0.1) is 11.1 Å². The van der Waals surface area contributed by atoms with Gasteiger partial charge in [0.15, 0.2) is 0 Å². The Balaban J connectivity index is 2.46. The molecule has 2 aromatic rings. The molecule has 0 aliphatic heterocycles. The van der Waals surface area contributed by atoms with Crippen LogP contribution in [0.2, 0.25) is 5.02 Å². The maximum absolute atomic E-state index is 13.2. The predicted molar refractivity (Wildman–Crippen MR) is 81.1 cm³/mol. The molecular weight excluding hydrogens is 329 g/mol. The zero-order valence-corrected chi connectivity index (χ0v) is 13.0. The Morgan fingerprint density at radius 3 is 2.47 bits per heavy atom. The van der Waals surface area contributed by atoms with Crippen molar-refractivity contribution in [3.63, 3.8) is 0 Å². The van der Waals surface area contributed by atoms with E-state index in [2.05, 4.69) is 15.9 Å². The quantitative estimate of drug-likeness (QED) is 0.825. The van der Waals surface area contributed by atoms with Gasteiger partial charge in [0.2, 0.25) is 0 Å².